The summed E-state index contributed by atoms with van der Waals surface area (Å²) in [6.45, 7) is 7.98. The summed E-state index contributed by atoms with van der Waals surface area (Å²) in [5.41, 5.74) is 0. The van der Waals surface area contributed by atoms with Gasteiger partial charge in [0.25, 0.3) is 0 Å². The van der Waals surface area contributed by atoms with Crippen LogP contribution in [0, 0.1) is 5.92 Å². The fourth-order valence-corrected chi connectivity index (χ4v) is 3.63. The fourth-order valence-electron chi connectivity index (χ4n) is 1.98. The quantitative estimate of drug-likeness (QED) is 0.699. The summed E-state index contributed by atoms with van der Waals surface area (Å²) < 4.78 is 23.0. The predicted molar refractivity (Wildman–Crippen MR) is 59.1 cm³/mol. The van der Waals surface area contributed by atoms with Gasteiger partial charge in [-0.3, -0.25) is 4.90 Å². The third-order valence-corrected chi connectivity index (χ3v) is 4.87. The molecule has 0 N–H and O–H groups in total. The van der Waals surface area contributed by atoms with Crippen LogP contribution in [0.5, 0.6) is 0 Å². The molecule has 14 heavy (non-hydrogen) atoms. The normalized spacial score (nSPS) is 30.9. The highest BCUT2D eigenvalue weighted by Crippen LogP contribution is 2.14. The van der Waals surface area contributed by atoms with E-state index in [4.69, 9.17) is 0 Å². The molecule has 0 radical (unpaired) electrons. The van der Waals surface area contributed by atoms with E-state index in [9.17, 15) is 8.42 Å². The van der Waals surface area contributed by atoms with Crippen molar-refractivity contribution in [1.29, 1.82) is 0 Å². The SMILES string of the molecule is CC[C@H](C)N1CCS(=O)(=O)C[C@@H](C)C1. The second-order valence-electron chi connectivity index (χ2n) is 4.47. The van der Waals surface area contributed by atoms with Gasteiger partial charge in [-0.1, -0.05) is 13.8 Å². The average molecular weight is 219 g/mol. The molecule has 1 aliphatic rings. The van der Waals surface area contributed by atoms with Crippen molar-refractivity contribution < 1.29 is 8.42 Å². The van der Waals surface area contributed by atoms with Crippen molar-refractivity contribution in [1.82, 2.24) is 4.90 Å². The van der Waals surface area contributed by atoms with E-state index in [0.29, 0.717) is 24.1 Å². The van der Waals surface area contributed by atoms with Gasteiger partial charge in [0.15, 0.2) is 9.84 Å². The van der Waals surface area contributed by atoms with E-state index >= 15 is 0 Å². The van der Waals surface area contributed by atoms with Crippen LogP contribution >= 0.6 is 0 Å². The van der Waals surface area contributed by atoms with Gasteiger partial charge in [-0.25, -0.2) is 8.42 Å². The summed E-state index contributed by atoms with van der Waals surface area (Å²) in [5, 5.41) is 0. The first-order chi connectivity index (χ1) is 6.44. The van der Waals surface area contributed by atoms with Gasteiger partial charge in [-0.15, -0.1) is 0 Å². The first kappa shape index (κ1) is 12.0. The Hall–Kier alpha value is -0.0900. The summed E-state index contributed by atoms with van der Waals surface area (Å²) in [4.78, 5) is 2.30. The van der Waals surface area contributed by atoms with Gasteiger partial charge in [0.1, 0.15) is 0 Å². The molecule has 2 atom stereocenters. The molecule has 0 bridgehead atoms. The standard InChI is InChI=1S/C10H21NO2S/c1-4-10(3)11-5-6-14(12,13)8-9(2)7-11/h9-10H,4-8H2,1-3H3/t9-,10-/m0/s1. The molecule has 0 aromatic heterocycles. The molecule has 0 aromatic rings. The first-order valence-electron chi connectivity index (χ1n) is 5.39. The summed E-state index contributed by atoms with van der Waals surface area (Å²) in [5.74, 6) is 0.971. The zero-order chi connectivity index (χ0) is 10.8. The highest BCUT2D eigenvalue weighted by atomic mass is 32.2. The lowest BCUT2D eigenvalue weighted by molar-refractivity contribution is 0.198. The van der Waals surface area contributed by atoms with E-state index in [1.807, 2.05) is 6.92 Å². The third-order valence-electron chi connectivity index (χ3n) is 2.99. The second kappa shape index (κ2) is 4.62. The fraction of sp³-hybridized carbons (Fsp3) is 1.00. The number of hydrogen-bond donors (Lipinski definition) is 0. The second-order valence-corrected chi connectivity index (χ2v) is 6.70. The lowest BCUT2D eigenvalue weighted by Gasteiger charge is -2.27. The molecule has 0 unspecified atom stereocenters. The van der Waals surface area contributed by atoms with Crippen molar-refractivity contribution in [2.45, 2.75) is 33.2 Å². The number of nitrogens with zero attached hydrogens (tertiary/aromatic N) is 1. The van der Waals surface area contributed by atoms with Gasteiger partial charge >= 0.3 is 0 Å². The summed E-state index contributed by atoms with van der Waals surface area (Å²) in [6, 6.07) is 0.505. The summed E-state index contributed by atoms with van der Waals surface area (Å²) in [7, 11) is -2.78. The highest BCUT2D eigenvalue weighted by molar-refractivity contribution is 7.91. The topological polar surface area (TPSA) is 37.4 Å². The molecule has 1 heterocycles. The molecule has 0 aromatic carbocycles. The van der Waals surface area contributed by atoms with Crippen molar-refractivity contribution in [2.24, 2.45) is 5.92 Å². The Morgan fingerprint density at radius 3 is 2.71 bits per heavy atom. The van der Waals surface area contributed by atoms with Crippen LogP contribution in [0.25, 0.3) is 0 Å². The van der Waals surface area contributed by atoms with Gasteiger partial charge in [-0.2, -0.15) is 0 Å². The Balaban J connectivity index is 2.67. The molecule has 1 rings (SSSR count). The largest absolute Gasteiger partial charge is 0.299 e. The van der Waals surface area contributed by atoms with Crippen molar-refractivity contribution in [3.8, 4) is 0 Å². The van der Waals surface area contributed by atoms with E-state index < -0.39 is 9.84 Å². The summed E-state index contributed by atoms with van der Waals surface area (Å²) >= 11 is 0. The van der Waals surface area contributed by atoms with Crippen molar-refractivity contribution in [3.05, 3.63) is 0 Å². The van der Waals surface area contributed by atoms with Gasteiger partial charge in [0, 0.05) is 19.1 Å². The maximum atomic E-state index is 11.5. The van der Waals surface area contributed by atoms with Crippen LogP contribution in [0.4, 0.5) is 0 Å². The van der Waals surface area contributed by atoms with Crippen molar-refractivity contribution in [2.75, 3.05) is 24.6 Å². The van der Waals surface area contributed by atoms with Gasteiger partial charge < -0.3 is 0 Å². The molecule has 4 heteroatoms. The van der Waals surface area contributed by atoms with E-state index in [1.165, 1.54) is 0 Å². The molecule has 1 saturated heterocycles. The maximum absolute atomic E-state index is 11.5. The van der Waals surface area contributed by atoms with Crippen molar-refractivity contribution in [3.63, 3.8) is 0 Å². The molecule has 1 fully saturated rings. The maximum Gasteiger partial charge on any atom is 0.151 e. The molecule has 0 spiro atoms. The molecule has 1 aliphatic heterocycles. The average Bonchev–Trinajstić information content (AvgIpc) is 2.22. The molecular weight excluding hydrogens is 198 g/mol. The number of sulfone groups is 1. The first-order valence-corrected chi connectivity index (χ1v) is 7.21. The summed E-state index contributed by atoms with van der Waals surface area (Å²) in [6.07, 6.45) is 1.09. The van der Waals surface area contributed by atoms with Gasteiger partial charge in [-0.05, 0) is 19.3 Å². The number of hydrogen-bond acceptors (Lipinski definition) is 3. The molecular formula is C10H21NO2S. The zero-order valence-electron chi connectivity index (χ0n) is 9.36. The molecule has 3 nitrogen and oxygen atoms in total. The van der Waals surface area contributed by atoms with Gasteiger partial charge in [0.2, 0.25) is 0 Å². The lowest BCUT2D eigenvalue weighted by Crippen LogP contribution is -2.36. The van der Waals surface area contributed by atoms with Crippen LogP contribution in [0.3, 0.4) is 0 Å². The van der Waals surface area contributed by atoms with Crippen LogP contribution < -0.4 is 0 Å². The Bertz CT molecular complexity index is 274. The predicted octanol–water partition coefficient (Wildman–Crippen LogP) is 1.15. The van der Waals surface area contributed by atoms with E-state index in [-0.39, 0.29) is 5.92 Å². The van der Waals surface area contributed by atoms with Crippen molar-refractivity contribution >= 4 is 9.84 Å². The van der Waals surface area contributed by atoms with E-state index in [0.717, 1.165) is 13.0 Å². The third kappa shape index (κ3) is 3.24. The zero-order valence-corrected chi connectivity index (χ0v) is 10.2. The lowest BCUT2D eigenvalue weighted by atomic mass is 10.1. The van der Waals surface area contributed by atoms with Crippen LogP contribution in [0.1, 0.15) is 27.2 Å². The minimum absolute atomic E-state index is 0.275. The Morgan fingerprint density at radius 1 is 1.50 bits per heavy atom. The minimum atomic E-state index is -2.78. The van der Waals surface area contributed by atoms with Crippen LogP contribution in [-0.4, -0.2) is 44.0 Å². The molecule has 0 aliphatic carbocycles. The Kier molecular flexibility index (Phi) is 3.95. The highest BCUT2D eigenvalue weighted by Gasteiger charge is 2.25. The minimum Gasteiger partial charge on any atom is -0.299 e. The molecule has 84 valence electrons. The van der Waals surface area contributed by atoms with Gasteiger partial charge in [0.05, 0.1) is 11.5 Å². The Labute approximate surface area is 87.4 Å². The molecule has 0 amide bonds. The molecule has 0 saturated carbocycles. The number of rotatable bonds is 2. The van der Waals surface area contributed by atoms with E-state index in [2.05, 4.69) is 18.7 Å². The van der Waals surface area contributed by atoms with Crippen LogP contribution in [-0.2, 0) is 9.84 Å². The smallest absolute Gasteiger partial charge is 0.151 e. The monoisotopic (exact) mass is 219 g/mol. The Morgan fingerprint density at radius 2 is 2.14 bits per heavy atom. The van der Waals surface area contributed by atoms with Crippen LogP contribution in [0.2, 0.25) is 0 Å². The van der Waals surface area contributed by atoms with Crippen LogP contribution in [0.15, 0.2) is 0 Å². The van der Waals surface area contributed by atoms with E-state index in [1.54, 1.807) is 0 Å².